The van der Waals surface area contributed by atoms with E-state index in [1.54, 1.807) is 7.05 Å². The molecule has 0 aliphatic heterocycles. The minimum atomic E-state index is -4.41. The van der Waals surface area contributed by atoms with Crippen molar-refractivity contribution >= 4 is 22.8 Å². The van der Waals surface area contributed by atoms with Crippen LogP contribution >= 0.6 is 0 Å². The van der Waals surface area contributed by atoms with Gasteiger partial charge in [0.2, 0.25) is 0 Å². The summed E-state index contributed by atoms with van der Waals surface area (Å²) in [5, 5.41) is 5.47. The smallest absolute Gasteiger partial charge is 0.359 e. The van der Waals surface area contributed by atoms with Crippen molar-refractivity contribution in [3.63, 3.8) is 0 Å². The molecule has 21 heavy (non-hydrogen) atoms. The number of H-pyrrole nitrogens is 1. The zero-order chi connectivity index (χ0) is 15.6. The van der Waals surface area contributed by atoms with Crippen molar-refractivity contribution in [2.45, 2.75) is 6.18 Å². The van der Waals surface area contributed by atoms with E-state index in [0.29, 0.717) is 10.9 Å². The van der Waals surface area contributed by atoms with Crippen molar-refractivity contribution in [2.75, 3.05) is 14.1 Å². The number of halogens is 3. The summed E-state index contributed by atoms with van der Waals surface area (Å²) in [4.78, 5) is 18.5. The molecule has 0 radical (unpaired) electrons. The Labute approximate surface area is 118 Å². The largest absolute Gasteiger partial charge is 0.416 e. The lowest BCUT2D eigenvalue weighted by Crippen LogP contribution is -2.39. The van der Waals surface area contributed by atoms with Crippen molar-refractivity contribution in [3.05, 3.63) is 35.5 Å². The maximum Gasteiger partial charge on any atom is 0.416 e. The average molecular weight is 298 g/mol. The third kappa shape index (κ3) is 3.15. The second-order valence-electron chi connectivity index (χ2n) is 4.26. The number of guanidine groups is 1. The fourth-order valence-electron chi connectivity index (χ4n) is 1.84. The van der Waals surface area contributed by atoms with Crippen LogP contribution in [0.3, 0.4) is 0 Å². The molecule has 0 aliphatic carbocycles. The predicted molar refractivity (Wildman–Crippen MR) is 73.2 cm³/mol. The number of benzene rings is 1. The number of amides is 1. The third-order valence-corrected chi connectivity index (χ3v) is 2.89. The van der Waals surface area contributed by atoms with Gasteiger partial charge in [0.15, 0.2) is 5.96 Å². The van der Waals surface area contributed by atoms with Crippen LogP contribution in [-0.2, 0) is 6.18 Å². The first-order valence-electron chi connectivity index (χ1n) is 6.01. The molecule has 8 heteroatoms. The molecular weight excluding hydrogens is 285 g/mol. The zero-order valence-electron chi connectivity index (χ0n) is 11.3. The maximum atomic E-state index is 12.6. The minimum absolute atomic E-state index is 0.153. The number of aliphatic imine (C=N–C) groups is 1. The van der Waals surface area contributed by atoms with Crippen LogP contribution in [0.2, 0.25) is 0 Å². The lowest BCUT2D eigenvalue weighted by molar-refractivity contribution is -0.137. The maximum absolute atomic E-state index is 12.6. The van der Waals surface area contributed by atoms with E-state index in [2.05, 4.69) is 20.6 Å². The number of alkyl halides is 3. The first-order valence-corrected chi connectivity index (χ1v) is 6.01. The van der Waals surface area contributed by atoms with E-state index in [0.717, 1.165) is 12.1 Å². The first kappa shape index (κ1) is 14.9. The molecule has 0 aliphatic rings. The molecular formula is C13H13F3N4O. The van der Waals surface area contributed by atoms with E-state index >= 15 is 0 Å². The predicted octanol–water partition coefficient (Wildman–Crippen LogP) is 2.12. The van der Waals surface area contributed by atoms with Crippen molar-refractivity contribution in [2.24, 2.45) is 4.99 Å². The lowest BCUT2D eigenvalue weighted by Gasteiger charge is -2.05. The summed E-state index contributed by atoms with van der Waals surface area (Å²) in [6.45, 7) is 0. The van der Waals surface area contributed by atoms with Crippen molar-refractivity contribution in [1.82, 2.24) is 15.6 Å². The second-order valence-corrected chi connectivity index (χ2v) is 4.26. The van der Waals surface area contributed by atoms with E-state index in [4.69, 9.17) is 0 Å². The summed E-state index contributed by atoms with van der Waals surface area (Å²) < 4.78 is 37.9. The number of rotatable bonds is 1. The highest BCUT2D eigenvalue weighted by molar-refractivity contribution is 6.06. The summed E-state index contributed by atoms with van der Waals surface area (Å²) >= 11 is 0. The van der Waals surface area contributed by atoms with Crippen LogP contribution in [0.5, 0.6) is 0 Å². The van der Waals surface area contributed by atoms with Crippen LogP contribution in [0, 0.1) is 0 Å². The standard InChI is InChI=1S/C13H13F3N4O/c1-17-12(18-2)20-11(21)10-6-7-5-8(13(14,15)16)3-4-9(7)19-10/h3-6,19H,1-2H3,(H2,17,18,20,21). The summed E-state index contributed by atoms with van der Waals surface area (Å²) in [6, 6.07) is 4.62. The molecule has 1 heterocycles. The molecule has 0 saturated heterocycles. The number of hydrogen-bond donors (Lipinski definition) is 3. The molecule has 0 bridgehead atoms. The fourth-order valence-corrected chi connectivity index (χ4v) is 1.84. The summed E-state index contributed by atoms with van der Waals surface area (Å²) in [5.74, 6) is -0.232. The first-order chi connectivity index (χ1) is 9.85. The molecule has 1 aromatic carbocycles. The van der Waals surface area contributed by atoms with Gasteiger partial charge in [-0.05, 0) is 24.3 Å². The number of nitrogens with one attached hydrogen (secondary N) is 3. The molecule has 5 nitrogen and oxygen atoms in total. The number of aromatic nitrogens is 1. The van der Waals surface area contributed by atoms with E-state index < -0.39 is 17.6 Å². The summed E-state index contributed by atoms with van der Waals surface area (Å²) in [5.41, 5.74) is -0.152. The number of aromatic amines is 1. The van der Waals surface area contributed by atoms with Crippen LogP contribution in [-0.4, -0.2) is 30.9 Å². The third-order valence-electron chi connectivity index (χ3n) is 2.89. The van der Waals surface area contributed by atoms with Crippen LogP contribution in [0.25, 0.3) is 10.9 Å². The van der Waals surface area contributed by atoms with Gasteiger partial charge in [-0.2, -0.15) is 13.2 Å². The molecule has 0 saturated carbocycles. The van der Waals surface area contributed by atoms with Gasteiger partial charge in [0, 0.05) is 25.0 Å². The van der Waals surface area contributed by atoms with E-state index in [1.807, 2.05) is 0 Å². The average Bonchev–Trinajstić information content (AvgIpc) is 2.86. The van der Waals surface area contributed by atoms with Gasteiger partial charge >= 0.3 is 6.18 Å². The molecule has 0 unspecified atom stereocenters. The lowest BCUT2D eigenvalue weighted by atomic mass is 10.1. The van der Waals surface area contributed by atoms with Gasteiger partial charge in [0.1, 0.15) is 5.69 Å². The van der Waals surface area contributed by atoms with Gasteiger partial charge in [-0.15, -0.1) is 0 Å². The quantitative estimate of drug-likeness (QED) is 0.557. The van der Waals surface area contributed by atoms with Gasteiger partial charge in [0.05, 0.1) is 5.56 Å². The van der Waals surface area contributed by atoms with Crippen molar-refractivity contribution < 1.29 is 18.0 Å². The Morgan fingerprint density at radius 1 is 1.29 bits per heavy atom. The highest BCUT2D eigenvalue weighted by atomic mass is 19.4. The molecule has 0 atom stereocenters. The Morgan fingerprint density at radius 2 is 2.00 bits per heavy atom. The minimum Gasteiger partial charge on any atom is -0.359 e. The number of carbonyl (C=O) groups excluding carboxylic acids is 1. The Balaban J connectivity index is 2.33. The molecule has 1 aromatic heterocycles. The zero-order valence-corrected chi connectivity index (χ0v) is 11.3. The highest BCUT2D eigenvalue weighted by Crippen LogP contribution is 2.31. The normalized spacial score (nSPS) is 12.5. The van der Waals surface area contributed by atoms with Crippen LogP contribution in [0.15, 0.2) is 29.3 Å². The Morgan fingerprint density at radius 3 is 2.57 bits per heavy atom. The van der Waals surface area contributed by atoms with Crippen molar-refractivity contribution in [1.29, 1.82) is 0 Å². The molecule has 3 N–H and O–H groups in total. The molecule has 0 spiro atoms. The molecule has 112 valence electrons. The molecule has 2 aromatic rings. The van der Waals surface area contributed by atoms with Crippen molar-refractivity contribution in [3.8, 4) is 0 Å². The number of nitrogens with zero attached hydrogens (tertiary/aromatic N) is 1. The molecule has 2 rings (SSSR count). The number of hydrogen-bond acceptors (Lipinski definition) is 2. The second kappa shape index (κ2) is 5.47. The summed E-state index contributed by atoms with van der Waals surface area (Å²) in [7, 11) is 3.08. The number of carbonyl (C=O) groups is 1. The van der Waals surface area contributed by atoms with Gasteiger partial charge in [0.25, 0.3) is 5.91 Å². The van der Waals surface area contributed by atoms with E-state index in [-0.39, 0.29) is 11.7 Å². The molecule has 0 fully saturated rings. The SMILES string of the molecule is CN=C(NC)NC(=O)c1cc2cc(C(F)(F)F)ccc2[nH]1. The highest BCUT2D eigenvalue weighted by Gasteiger charge is 2.30. The van der Waals surface area contributed by atoms with E-state index in [1.165, 1.54) is 19.2 Å². The molecule has 1 amide bonds. The monoisotopic (exact) mass is 298 g/mol. The topological polar surface area (TPSA) is 69.3 Å². The van der Waals surface area contributed by atoms with Crippen LogP contribution in [0.4, 0.5) is 13.2 Å². The van der Waals surface area contributed by atoms with Gasteiger partial charge in [-0.25, -0.2) is 0 Å². The van der Waals surface area contributed by atoms with Crippen LogP contribution < -0.4 is 10.6 Å². The number of fused-ring (bicyclic) bond motifs is 1. The van der Waals surface area contributed by atoms with E-state index in [9.17, 15) is 18.0 Å². The van der Waals surface area contributed by atoms with Crippen LogP contribution in [0.1, 0.15) is 16.1 Å². The van der Waals surface area contributed by atoms with Gasteiger partial charge in [-0.1, -0.05) is 0 Å². The Hall–Kier alpha value is -2.51. The Bertz CT molecular complexity index is 703. The van der Waals surface area contributed by atoms with Gasteiger partial charge < -0.3 is 10.3 Å². The van der Waals surface area contributed by atoms with Gasteiger partial charge in [-0.3, -0.25) is 15.1 Å². The Kier molecular flexibility index (Phi) is 3.88. The summed E-state index contributed by atoms with van der Waals surface area (Å²) in [6.07, 6.45) is -4.41. The fraction of sp³-hybridized carbons (Fsp3) is 0.231.